The number of aromatic nitrogens is 2. The molecule has 0 unspecified atom stereocenters. The Morgan fingerprint density at radius 1 is 1.31 bits per heavy atom. The molecule has 0 fully saturated rings. The summed E-state index contributed by atoms with van der Waals surface area (Å²) in [5, 5.41) is 4.10. The SMILES string of the molecule is CN(C)C(=NCc1ccnn1C)N(C)C.I. The lowest BCUT2D eigenvalue weighted by Gasteiger charge is -2.22. The highest BCUT2D eigenvalue weighted by molar-refractivity contribution is 14.0. The van der Waals surface area contributed by atoms with E-state index in [1.807, 2.05) is 55.8 Å². The maximum atomic E-state index is 4.53. The monoisotopic (exact) mass is 337 g/mol. The summed E-state index contributed by atoms with van der Waals surface area (Å²) in [6, 6.07) is 1.98. The van der Waals surface area contributed by atoms with Crippen LogP contribution in [0.15, 0.2) is 17.3 Å². The van der Waals surface area contributed by atoms with E-state index < -0.39 is 0 Å². The molecule has 1 aromatic heterocycles. The van der Waals surface area contributed by atoms with Gasteiger partial charge in [0, 0.05) is 41.4 Å². The van der Waals surface area contributed by atoms with Crippen molar-refractivity contribution in [1.82, 2.24) is 19.6 Å². The number of hydrogen-bond donors (Lipinski definition) is 0. The number of aryl methyl sites for hydroxylation is 1. The Hall–Kier alpha value is -0.790. The average molecular weight is 337 g/mol. The lowest BCUT2D eigenvalue weighted by atomic mass is 10.4. The molecule has 6 heteroatoms. The molecule has 0 bridgehead atoms. The fourth-order valence-electron chi connectivity index (χ4n) is 1.39. The zero-order valence-electron chi connectivity index (χ0n) is 10.5. The van der Waals surface area contributed by atoms with Crippen LogP contribution in [0.4, 0.5) is 0 Å². The van der Waals surface area contributed by atoms with Gasteiger partial charge in [-0.3, -0.25) is 4.68 Å². The van der Waals surface area contributed by atoms with Crippen molar-refractivity contribution >= 4 is 29.9 Å². The van der Waals surface area contributed by atoms with Gasteiger partial charge in [0.05, 0.1) is 12.2 Å². The summed E-state index contributed by atoms with van der Waals surface area (Å²) >= 11 is 0. The molecule has 1 heterocycles. The van der Waals surface area contributed by atoms with Crippen LogP contribution in [0, 0.1) is 0 Å². The Balaban J connectivity index is 0.00000225. The number of aliphatic imine (C=N–C) groups is 1. The van der Waals surface area contributed by atoms with E-state index in [1.54, 1.807) is 6.20 Å². The molecule has 0 radical (unpaired) electrons. The third-order valence-electron chi connectivity index (χ3n) is 2.10. The maximum absolute atomic E-state index is 4.53. The summed E-state index contributed by atoms with van der Waals surface area (Å²) in [6.45, 7) is 0.655. The summed E-state index contributed by atoms with van der Waals surface area (Å²) in [6.07, 6.45) is 1.79. The van der Waals surface area contributed by atoms with Gasteiger partial charge in [-0.15, -0.1) is 24.0 Å². The van der Waals surface area contributed by atoms with E-state index >= 15 is 0 Å². The molecule has 0 spiro atoms. The average Bonchev–Trinajstić information content (AvgIpc) is 2.51. The molecule has 1 aromatic rings. The number of halogens is 1. The first kappa shape index (κ1) is 15.2. The first-order chi connectivity index (χ1) is 7.02. The van der Waals surface area contributed by atoms with E-state index in [2.05, 4.69) is 10.1 Å². The fourth-order valence-corrected chi connectivity index (χ4v) is 1.39. The van der Waals surface area contributed by atoms with Gasteiger partial charge in [-0.05, 0) is 6.07 Å². The summed E-state index contributed by atoms with van der Waals surface area (Å²) in [4.78, 5) is 8.53. The van der Waals surface area contributed by atoms with Gasteiger partial charge < -0.3 is 9.80 Å². The normalized spacial score (nSPS) is 9.31. The van der Waals surface area contributed by atoms with Crippen molar-refractivity contribution in [3.63, 3.8) is 0 Å². The predicted octanol–water partition coefficient (Wildman–Crippen LogP) is 1.02. The lowest BCUT2D eigenvalue weighted by molar-refractivity contribution is 0.478. The Morgan fingerprint density at radius 3 is 2.25 bits per heavy atom. The minimum atomic E-state index is 0. The highest BCUT2D eigenvalue weighted by atomic mass is 127. The Morgan fingerprint density at radius 2 is 1.88 bits per heavy atom. The molecule has 0 aliphatic rings. The fraction of sp³-hybridized carbons (Fsp3) is 0.600. The van der Waals surface area contributed by atoms with Crippen molar-refractivity contribution in [2.75, 3.05) is 28.2 Å². The molecular weight excluding hydrogens is 317 g/mol. The van der Waals surface area contributed by atoms with Gasteiger partial charge in [0.15, 0.2) is 5.96 Å². The highest BCUT2D eigenvalue weighted by Crippen LogP contribution is 2.00. The standard InChI is InChI=1S/C10H19N5.HI/c1-13(2)10(14(3)4)11-8-9-6-7-12-15(9)5;/h6-7H,8H2,1-5H3;1H. The van der Waals surface area contributed by atoms with E-state index in [0.29, 0.717) is 6.54 Å². The topological polar surface area (TPSA) is 36.7 Å². The van der Waals surface area contributed by atoms with Crippen LogP contribution in [0.1, 0.15) is 5.69 Å². The highest BCUT2D eigenvalue weighted by Gasteiger charge is 2.04. The van der Waals surface area contributed by atoms with Crippen LogP contribution < -0.4 is 0 Å². The van der Waals surface area contributed by atoms with Gasteiger partial charge in [-0.25, -0.2) is 4.99 Å². The second-order valence-electron chi connectivity index (χ2n) is 3.85. The minimum absolute atomic E-state index is 0. The van der Waals surface area contributed by atoms with Gasteiger partial charge in [-0.1, -0.05) is 0 Å². The number of nitrogens with zero attached hydrogens (tertiary/aromatic N) is 5. The number of guanidine groups is 1. The van der Waals surface area contributed by atoms with Crippen LogP contribution in [-0.4, -0.2) is 53.7 Å². The Labute approximate surface area is 114 Å². The molecule has 16 heavy (non-hydrogen) atoms. The van der Waals surface area contributed by atoms with Crippen LogP contribution >= 0.6 is 24.0 Å². The maximum Gasteiger partial charge on any atom is 0.195 e. The van der Waals surface area contributed by atoms with Gasteiger partial charge in [0.1, 0.15) is 0 Å². The molecule has 1 rings (SSSR count). The third-order valence-corrected chi connectivity index (χ3v) is 2.10. The summed E-state index contributed by atoms with van der Waals surface area (Å²) in [7, 11) is 9.88. The predicted molar refractivity (Wildman–Crippen MR) is 77.1 cm³/mol. The minimum Gasteiger partial charge on any atom is -0.349 e. The molecule has 0 aromatic carbocycles. The van der Waals surface area contributed by atoms with Gasteiger partial charge in [-0.2, -0.15) is 5.10 Å². The molecule has 92 valence electrons. The van der Waals surface area contributed by atoms with Gasteiger partial charge in [0.2, 0.25) is 0 Å². The second-order valence-corrected chi connectivity index (χ2v) is 3.85. The Bertz CT molecular complexity index is 333. The van der Waals surface area contributed by atoms with Crippen LogP contribution in [0.3, 0.4) is 0 Å². The third kappa shape index (κ3) is 3.99. The first-order valence-corrected chi connectivity index (χ1v) is 4.88. The molecule has 0 aliphatic heterocycles. The van der Waals surface area contributed by atoms with E-state index in [9.17, 15) is 0 Å². The zero-order valence-corrected chi connectivity index (χ0v) is 12.8. The smallest absolute Gasteiger partial charge is 0.195 e. The quantitative estimate of drug-likeness (QED) is 0.459. The van der Waals surface area contributed by atoms with Crippen LogP contribution in [0.25, 0.3) is 0 Å². The van der Waals surface area contributed by atoms with Crippen molar-refractivity contribution in [2.24, 2.45) is 12.0 Å². The molecule has 0 saturated heterocycles. The van der Waals surface area contributed by atoms with Crippen molar-refractivity contribution in [3.8, 4) is 0 Å². The molecule has 0 aliphatic carbocycles. The Kier molecular flexibility index (Phi) is 6.39. The van der Waals surface area contributed by atoms with E-state index in [4.69, 9.17) is 0 Å². The largest absolute Gasteiger partial charge is 0.349 e. The van der Waals surface area contributed by atoms with E-state index in [1.165, 1.54) is 0 Å². The van der Waals surface area contributed by atoms with E-state index in [0.717, 1.165) is 11.7 Å². The summed E-state index contributed by atoms with van der Waals surface area (Å²) in [5.41, 5.74) is 1.11. The zero-order chi connectivity index (χ0) is 11.4. The summed E-state index contributed by atoms with van der Waals surface area (Å²) in [5.74, 6) is 0.955. The number of hydrogen-bond acceptors (Lipinski definition) is 2. The van der Waals surface area contributed by atoms with E-state index in [-0.39, 0.29) is 24.0 Å². The molecule has 0 N–H and O–H groups in total. The van der Waals surface area contributed by atoms with Crippen molar-refractivity contribution < 1.29 is 0 Å². The molecular formula is C10H20IN5. The lowest BCUT2D eigenvalue weighted by Crippen LogP contribution is -2.35. The molecule has 0 amide bonds. The number of rotatable bonds is 2. The summed E-state index contributed by atoms with van der Waals surface area (Å²) < 4.78 is 1.84. The van der Waals surface area contributed by atoms with Crippen LogP contribution in [-0.2, 0) is 13.6 Å². The molecule has 5 nitrogen and oxygen atoms in total. The van der Waals surface area contributed by atoms with Crippen molar-refractivity contribution in [1.29, 1.82) is 0 Å². The van der Waals surface area contributed by atoms with Crippen LogP contribution in [0.2, 0.25) is 0 Å². The molecule has 0 saturated carbocycles. The van der Waals surface area contributed by atoms with Crippen molar-refractivity contribution in [2.45, 2.75) is 6.54 Å². The second kappa shape index (κ2) is 6.72. The van der Waals surface area contributed by atoms with Crippen LogP contribution in [0.5, 0.6) is 0 Å². The van der Waals surface area contributed by atoms with Gasteiger partial charge >= 0.3 is 0 Å². The first-order valence-electron chi connectivity index (χ1n) is 4.88. The van der Waals surface area contributed by atoms with Crippen molar-refractivity contribution in [3.05, 3.63) is 18.0 Å². The molecule has 0 atom stereocenters. The van der Waals surface area contributed by atoms with Gasteiger partial charge in [0.25, 0.3) is 0 Å².